The number of aryl methyl sites for hydroxylation is 1. The fourth-order valence-electron chi connectivity index (χ4n) is 2.22. The third kappa shape index (κ3) is 3.22. The minimum absolute atomic E-state index is 0.239. The number of hydrogen-bond acceptors (Lipinski definition) is 4. The normalized spacial score (nSPS) is 15.8. The van der Waals surface area contributed by atoms with Crippen molar-refractivity contribution in [3.05, 3.63) is 57.7 Å². The molecule has 0 radical (unpaired) electrons. The number of pyridine rings is 1. The van der Waals surface area contributed by atoms with Gasteiger partial charge in [0, 0.05) is 10.0 Å². The summed E-state index contributed by atoms with van der Waals surface area (Å²) >= 11 is 3.44. The van der Waals surface area contributed by atoms with Crippen molar-refractivity contribution in [1.82, 2.24) is 10.3 Å². The summed E-state index contributed by atoms with van der Waals surface area (Å²) in [6.07, 6.45) is -0.470. The van der Waals surface area contributed by atoms with Crippen LogP contribution in [0.3, 0.4) is 0 Å². The first-order valence-corrected chi connectivity index (χ1v) is 7.70. The van der Waals surface area contributed by atoms with Crippen LogP contribution in [0.2, 0.25) is 0 Å². The van der Waals surface area contributed by atoms with Gasteiger partial charge in [0.15, 0.2) is 0 Å². The van der Waals surface area contributed by atoms with Gasteiger partial charge < -0.3 is 14.8 Å². The highest BCUT2D eigenvalue weighted by Crippen LogP contribution is 2.33. The summed E-state index contributed by atoms with van der Waals surface area (Å²) in [6, 6.07) is 11.2. The van der Waals surface area contributed by atoms with E-state index in [9.17, 15) is 4.79 Å². The van der Waals surface area contributed by atoms with E-state index < -0.39 is 6.09 Å². The van der Waals surface area contributed by atoms with Crippen LogP contribution in [-0.4, -0.2) is 17.7 Å². The Kier molecular flexibility index (Phi) is 4.29. The van der Waals surface area contributed by atoms with Gasteiger partial charge in [-0.1, -0.05) is 30.3 Å². The van der Waals surface area contributed by atoms with E-state index in [0.717, 1.165) is 21.3 Å². The summed E-state index contributed by atoms with van der Waals surface area (Å²) in [5, 5.41) is 2.80. The average Bonchev–Trinajstić information content (AvgIpc) is 2.89. The Hall–Kier alpha value is -2.08. The fourth-order valence-corrected chi connectivity index (χ4v) is 2.55. The molecule has 3 rings (SSSR count). The molecule has 1 N–H and O–H groups in total. The van der Waals surface area contributed by atoms with Gasteiger partial charge in [-0.2, -0.15) is 0 Å². The van der Waals surface area contributed by atoms with Gasteiger partial charge in [0.25, 0.3) is 0 Å². The van der Waals surface area contributed by atoms with Crippen molar-refractivity contribution in [2.24, 2.45) is 0 Å². The monoisotopic (exact) mass is 362 g/mol. The first-order chi connectivity index (χ1) is 10.6. The van der Waals surface area contributed by atoms with Crippen LogP contribution in [0.1, 0.15) is 22.9 Å². The molecule has 114 valence electrons. The van der Waals surface area contributed by atoms with Crippen LogP contribution in [0.15, 0.2) is 40.9 Å². The van der Waals surface area contributed by atoms with Crippen LogP contribution in [0, 0.1) is 6.92 Å². The van der Waals surface area contributed by atoms with Gasteiger partial charge in [-0.05, 0) is 34.5 Å². The Morgan fingerprint density at radius 1 is 1.45 bits per heavy atom. The molecular weight excluding hydrogens is 348 g/mol. The second kappa shape index (κ2) is 6.36. The number of rotatable bonds is 3. The topological polar surface area (TPSA) is 60.5 Å². The molecule has 0 bridgehead atoms. The molecule has 1 aliphatic heterocycles. The van der Waals surface area contributed by atoms with Crippen molar-refractivity contribution in [1.29, 1.82) is 0 Å². The van der Waals surface area contributed by atoms with Crippen LogP contribution in [0.25, 0.3) is 0 Å². The van der Waals surface area contributed by atoms with Gasteiger partial charge in [-0.25, -0.2) is 9.78 Å². The number of nitrogens with zero attached hydrogens (tertiary/aromatic N) is 1. The zero-order valence-corrected chi connectivity index (χ0v) is 13.6. The number of nitrogens with one attached hydrogen (secondary N) is 1. The van der Waals surface area contributed by atoms with Crippen molar-refractivity contribution in [2.45, 2.75) is 19.6 Å². The lowest BCUT2D eigenvalue weighted by molar-refractivity contribution is 0.133. The molecule has 1 unspecified atom stereocenters. The van der Waals surface area contributed by atoms with E-state index in [1.807, 2.05) is 43.3 Å². The predicted octanol–water partition coefficient (Wildman–Crippen LogP) is 3.51. The molecule has 1 aromatic carbocycles. The lowest BCUT2D eigenvalue weighted by Crippen LogP contribution is -2.29. The summed E-state index contributed by atoms with van der Waals surface area (Å²) < 4.78 is 11.6. The number of aromatic nitrogens is 1. The Balaban J connectivity index is 1.61. The van der Waals surface area contributed by atoms with Crippen molar-refractivity contribution >= 4 is 22.0 Å². The summed E-state index contributed by atoms with van der Waals surface area (Å²) in [6.45, 7) is 2.49. The maximum absolute atomic E-state index is 11.9. The molecule has 1 aromatic heterocycles. The molecule has 22 heavy (non-hydrogen) atoms. The van der Waals surface area contributed by atoms with Crippen LogP contribution < -0.4 is 10.1 Å². The zero-order chi connectivity index (χ0) is 15.5. The highest BCUT2D eigenvalue weighted by Gasteiger charge is 2.28. The molecule has 0 aliphatic carbocycles. The maximum atomic E-state index is 11.9. The van der Waals surface area contributed by atoms with E-state index in [1.165, 1.54) is 0 Å². The number of fused-ring (bicyclic) bond motifs is 1. The summed E-state index contributed by atoms with van der Waals surface area (Å²) in [4.78, 5) is 16.3. The molecule has 0 saturated heterocycles. The van der Waals surface area contributed by atoms with Gasteiger partial charge in [-0.15, -0.1) is 0 Å². The first-order valence-electron chi connectivity index (χ1n) is 6.90. The third-order valence-electron chi connectivity index (χ3n) is 3.41. The lowest BCUT2D eigenvalue weighted by atomic mass is 10.1. The van der Waals surface area contributed by atoms with E-state index in [0.29, 0.717) is 12.5 Å². The van der Waals surface area contributed by atoms with E-state index in [2.05, 4.69) is 26.2 Å². The number of carbonyl (C=O) groups excluding carboxylic acids is 1. The van der Waals surface area contributed by atoms with Gasteiger partial charge in [0.1, 0.15) is 13.2 Å². The second-order valence-electron chi connectivity index (χ2n) is 5.02. The molecular formula is C16H15BrN2O3. The van der Waals surface area contributed by atoms with Crippen LogP contribution in [0.5, 0.6) is 5.88 Å². The van der Waals surface area contributed by atoms with E-state index in [-0.39, 0.29) is 12.6 Å². The predicted molar refractivity (Wildman–Crippen MR) is 84.7 cm³/mol. The van der Waals surface area contributed by atoms with E-state index in [1.54, 1.807) is 0 Å². The number of carbonyl (C=O) groups is 1. The van der Waals surface area contributed by atoms with Crippen molar-refractivity contribution in [3.8, 4) is 5.88 Å². The van der Waals surface area contributed by atoms with Crippen LogP contribution >= 0.6 is 15.9 Å². The largest absolute Gasteiger partial charge is 0.475 e. The zero-order valence-electron chi connectivity index (χ0n) is 12.0. The van der Waals surface area contributed by atoms with Gasteiger partial charge >= 0.3 is 6.09 Å². The van der Waals surface area contributed by atoms with Crippen LogP contribution in [-0.2, 0) is 11.3 Å². The molecule has 1 amide bonds. The first kappa shape index (κ1) is 14.8. The minimum atomic E-state index is -0.470. The Labute approximate surface area is 136 Å². The quantitative estimate of drug-likeness (QED) is 0.907. The summed E-state index contributed by atoms with van der Waals surface area (Å²) in [7, 11) is 0. The lowest BCUT2D eigenvalue weighted by Gasteiger charge is -2.12. The molecule has 1 aliphatic rings. The number of hydrogen-bond donors (Lipinski definition) is 1. The van der Waals surface area contributed by atoms with Crippen molar-refractivity contribution in [2.75, 3.05) is 6.61 Å². The van der Waals surface area contributed by atoms with E-state index >= 15 is 0 Å². The van der Waals surface area contributed by atoms with E-state index in [4.69, 9.17) is 9.47 Å². The molecule has 2 heterocycles. The van der Waals surface area contributed by atoms with Crippen molar-refractivity contribution in [3.63, 3.8) is 0 Å². The maximum Gasteiger partial charge on any atom is 0.408 e. The van der Waals surface area contributed by atoms with Crippen LogP contribution in [0.4, 0.5) is 4.79 Å². The molecule has 0 saturated carbocycles. The van der Waals surface area contributed by atoms with Crippen molar-refractivity contribution < 1.29 is 14.3 Å². The highest BCUT2D eigenvalue weighted by molar-refractivity contribution is 9.10. The molecule has 2 aromatic rings. The number of halogens is 1. The third-order valence-corrected chi connectivity index (χ3v) is 4.21. The molecule has 0 fully saturated rings. The molecule has 6 heteroatoms. The Morgan fingerprint density at radius 2 is 2.23 bits per heavy atom. The molecule has 5 nitrogen and oxygen atoms in total. The Morgan fingerprint density at radius 3 is 3.00 bits per heavy atom. The molecule has 0 spiro atoms. The second-order valence-corrected chi connectivity index (χ2v) is 5.87. The number of alkyl carbamates (subject to hydrolysis) is 1. The minimum Gasteiger partial charge on any atom is -0.475 e. The highest BCUT2D eigenvalue weighted by atomic mass is 79.9. The SMILES string of the molecule is Cc1nc2c(cc1Br)C(NC(=O)OCc1ccccc1)CO2. The van der Waals surface area contributed by atoms with Gasteiger partial charge in [0.2, 0.25) is 5.88 Å². The smallest absolute Gasteiger partial charge is 0.408 e. The van der Waals surface area contributed by atoms with Gasteiger partial charge in [0.05, 0.1) is 11.7 Å². The number of ether oxygens (including phenoxy) is 2. The van der Waals surface area contributed by atoms with Gasteiger partial charge in [-0.3, -0.25) is 0 Å². The Bertz CT molecular complexity index is 691. The average molecular weight is 363 g/mol. The summed E-state index contributed by atoms with van der Waals surface area (Å²) in [5.74, 6) is 0.564. The number of benzene rings is 1. The fraction of sp³-hybridized carbons (Fsp3) is 0.250. The molecule has 1 atom stereocenters. The standard InChI is InChI=1S/C16H15BrN2O3/c1-10-13(17)7-12-14(9-21-15(12)18-10)19-16(20)22-8-11-5-3-2-4-6-11/h2-7,14H,8-9H2,1H3,(H,19,20). The number of amides is 1. The summed E-state index contributed by atoms with van der Waals surface area (Å²) in [5.41, 5.74) is 2.65.